The number of benzene rings is 3. The summed E-state index contributed by atoms with van der Waals surface area (Å²) in [5, 5.41) is 3.78. The Labute approximate surface area is 161 Å². The van der Waals surface area contributed by atoms with Gasteiger partial charge in [0.05, 0.1) is 7.11 Å². The molecular formula is C25H25NO. The largest absolute Gasteiger partial charge is 0.497 e. The van der Waals surface area contributed by atoms with Gasteiger partial charge in [-0.3, -0.25) is 0 Å². The van der Waals surface area contributed by atoms with Gasteiger partial charge in [0, 0.05) is 12.6 Å². The Balaban J connectivity index is 1.60. The van der Waals surface area contributed by atoms with E-state index in [9.17, 15) is 0 Å². The van der Waals surface area contributed by atoms with Crippen molar-refractivity contribution < 1.29 is 4.74 Å². The summed E-state index contributed by atoms with van der Waals surface area (Å²) in [6.07, 6.45) is 2.24. The van der Waals surface area contributed by atoms with Crippen LogP contribution in [0.3, 0.4) is 0 Å². The fourth-order valence-electron chi connectivity index (χ4n) is 3.90. The molecule has 4 rings (SSSR count). The van der Waals surface area contributed by atoms with Crippen LogP contribution in [0.2, 0.25) is 0 Å². The third-order valence-corrected chi connectivity index (χ3v) is 5.28. The highest BCUT2D eigenvalue weighted by atomic mass is 16.5. The number of nitrogens with one attached hydrogen (secondary N) is 1. The van der Waals surface area contributed by atoms with E-state index >= 15 is 0 Å². The fourth-order valence-corrected chi connectivity index (χ4v) is 3.90. The predicted octanol–water partition coefficient (Wildman–Crippen LogP) is 5.56. The van der Waals surface area contributed by atoms with E-state index in [0.29, 0.717) is 6.04 Å². The first-order valence-electron chi connectivity index (χ1n) is 9.55. The average Bonchev–Trinajstić information content (AvgIpc) is 3.18. The van der Waals surface area contributed by atoms with Crippen molar-refractivity contribution in [2.75, 3.05) is 7.11 Å². The van der Waals surface area contributed by atoms with Gasteiger partial charge in [-0.2, -0.15) is 0 Å². The minimum absolute atomic E-state index is 0.365. The zero-order valence-electron chi connectivity index (χ0n) is 15.7. The molecule has 0 bridgehead atoms. The third kappa shape index (κ3) is 3.96. The van der Waals surface area contributed by atoms with E-state index in [1.165, 1.54) is 27.8 Å². The SMILES string of the molecule is COc1ccc(CNC2CCC(c3ccccc3)=C2c2ccccc2)cc1. The van der Waals surface area contributed by atoms with Crippen molar-refractivity contribution in [3.63, 3.8) is 0 Å². The van der Waals surface area contributed by atoms with Gasteiger partial charge in [0.2, 0.25) is 0 Å². The van der Waals surface area contributed by atoms with E-state index in [0.717, 1.165) is 25.1 Å². The van der Waals surface area contributed by atoms with Crippen molar-refractivity contribution in [2.45, 2.75) is 25.4 Å². The number of allylic oxidation sites excluding steroid dienone is 1. The second kappa shape index (κ2) is 8.24. The van der Waals surface area contributed by atoms with Gasteiger partial charge < -0.3 is 10.1 Å². The summed E-state index contributed by atoms with van der Waals surface area (Å²) in [4.78, 5) is 0. The van der Waals surface area contributed by atoms with Gasteiger partial charge in [-0.15, -0.1) is 0 Å². The molecule has 1 atom stereocenters. The summed E-state index contributed by atoms with van der Waals surface area (Å²) in [6.45, 7) is 0.854. The first-order valence-corrected chi connectivity index (χ1v) is 9.55. The zero-order valence-corrected chi connectivity index (χ0v) is 15.7. The van der Waals surface area contributed by atoms with E-state index < -0.39 is 0 Å². The van der Waals surface area contributed by atoms with Crippen LogP contribution in [0.15, 0.2) is 84.9 Å². The van der Waals surface area contributed by atoms with Crippen LogP contribution in [-0.2, 0) is 6.54 Å². The highest BCUT2D eigenvalue weighted by Crippen LogP contribution is 2.40. The summed E-state index contributed by atoms with van der Waals surface area (Å²) < 4.78 is 5.26. The predicted molar refractivity (Wildman–Crippen MR) is 113 cm³/mol. The van der Waals surface area contributed by atoms with Crippen LogP contribution in [0.5, 0.6) is 5.75 Å². The molecule has 0 heterocycles. The molecule has 1 aliphatic rings. The molecule has 3 aromatic rings. The van der Waals surface area contributed by atoms with Crippen LogP contribution in [-0.4, -0.2) is 13.2 Å². The summed E-state index contributed by atoms with van der Waals surface area (Å²) in [5.41, 5.74) is 6.84. The molecule has 3 aromatic carbocycles. The maximum absolute atomic E-state index is 5.26. The molecule has 0 aromatic heterocycles. The average molecular weight is 355 g/mol. The Morgan fingerprint density at radius 3 is 2.07 bits per heavy atom. The summed E-state index contributed by atoms with van der Waals surface area (Å²) in [7, 11) is 1.70. The minimum atomic E-state index is 0.365. The van der Waals surface area contributed by atoms with Crippen LogP contribution in [0, 0.1) is 0 Å². The lowest BCUT2D eigenvalue weighted by atomic mass is 9.95. The van der Waals surface area contributed by atoms with E-state index in [4.69, 9.17) is 4.74 Å². The summed E-state index contributed by atoms with van der Waals surface area (Å²) >= 11 is 0. The van der Waals surface area contributed by atoms with Crippen LogP contribution >= 0.6 is 0 Å². The topological polar surface area (TPSA) is 21.3 Å². The lowest BCUT2D eigenvalue weighted by Gasteiger charge is -2.19. The Bertz CT molecular complexity index is 898. The van der Waals surface area contributed by atoms with E-state index in [-0.39, 0.29) is 0 Å². The monoisotopic (exact) mass is 355 g/mol. The van der Waals surface area contributed by atoms with Gasteiger partial charge in [0.15, 0.2) is 0 Å². The molecule has 0 aliphatic heterocycles. The fraction of sp³-hybridized carbons (Fsp3) is 0.200. The highest BCUT2D eigenvalue weighted by molar-refractivity contribution is 5.95. The molecular weight excluding hydrogens is 330 g/mol. The minimum Gasteiger partial charge on any atom is -0.497 e. The Morgan fingerprint density at radius 2 is 1.44 bits per heavy atom. The van der Waals surface area contributed by atoms with E-state index in [1.54, 1.807) is 7.11 Å². The summed E-state index contributed by atoms with van der Waals surface area (Å²) in [6, 6.07) is 30.3. The third-order valence-electron chi connectivity index (χ3n) is 5.28. The molecule has 1 unspecified atom stereocenters. The molecule has 2 heteroatoms. The molecule has 1 aliphatic carbocycles. The molecule has 0 saturated heterocycles. The van der Waals surface area contributed by atoms with Crippen molar-refractivity contribution in [1.29, 1.82) is 0 Å². The Morgan fingerprint density at radius 1 is 0.815 bits per heavy atom. The van der Waals surface area contributed by atoms with E-state index in [1.807, 2.05) is 12.1 Å². The molecule has 0 spiro atoms. The molecule has 27 heavy (non-hydrogen) atoms. The maximum Gasteiger partial charge on any atom is 0.118 e. The van der Waals surface area contributed by atoms with Crippen LogP contribution < -0.4 is 10.1 Å². The smallest absolute Gasteiger partial charge is 0.118 e. The first-order chi connectivity index (χ1) is 13.3. The van der Waals surface area contributed by atoms with Crippen molar-refractivity contribution in [1.82, 2.24) is 5.32 Å². The molecule has 0 saturated carbocycles. The molecule has 1 N–H and O–H groups in total. The van der Waals surface area contributed by atoms with Crippen LogP contribution in [0.25, 0.3) is 11.1 Å². The molecule has 0 amide bonds. The second-order valence-electron chi connectivity index (χ2n) is 6.94. The number of methoxy groups -OCH3 is 1. The quantitative estimate of drug-likeness (QED) is 0.625. The van der Waals surface area contributed by atoms with Gasteiger partial charge in [0.1, 0.15) is 5.75 Å². The van der Waals surface area contributed by atoms with Crippen molar-refractivity contribution in [2.24, 2.45) is 0 Å². The van der Waals surface area contributed by atoms with Gasteiger partial charge in [-0.05, 0) is 52.8 Å². The molecule has 0 fully saturated rings. The zero-order chi connectivity index (χ0) is 18.5. The van der Waals surface area contributed by atoms with Gasteiger partial charge in [0.25, 0.3) is 0 Å². The number of ether oxygens (including phenoxy) is 1. The van der Waals surface area contributed by atoms with Crippen LogP contribution in [0.4, 0.5) is 0 Å². The van der Waals surface area contributed by atoms with Gasteiger partial charge in [-0.25, -0.2) is 0 Å². The standard InChI is InChI=1S/C25H25NO/c1-27-22-14-12-19(13-15-22)18-26-24-17-16-23(20-8-4-2-5-9-20)25(24)21-10-6-3-7-11-21/h2-15,24,26H,16-18H2,1H3. The van der Waals surface area contributed by atoms with Crippen molar-refractivity contribution in [3.8, 4) is 5.75 Å². The van der Waals surface area contributed by atoms with Gasteiger partial charge >= 0.3 is 0 Å². The number of hydrogen-bond donors (Lipinski definition) is 1. The van der Waals surface area contributed by atoms with E-state index in [2.05, 4.69) is 78.1 Å². The Hall–Kier alpha value is -2.84. The molecule has 2 nitrogen and oxygen atoms in total. The van der Waals surface area contributed by atoms with Gasteiger partial charge in [-0.1, -0.05) is 72.8 Å². The Kier molecular flexibility index (Phi) is 5.36. The molecule has 0 radical (unpaired) electrons. The van der Waals surface area contributed by atoms with Crippen molar-refractivity contribution >= 4 is 11.1 Å². The summed E-state index contributed by atoms with van der Waals surface area (Å²) in [5.74, 6) is 0.899. The lowest BCUT2D eigenvalue weighted by molar-refractivity contribution is 0.414. The first kappa shape index (κ1) is 17.6. The molecule has 136 valence electrons. The normalized spacial score (nSPS) is 16.6. The van der Waals surface area contributed by atoms with Crippen LogP contribution in [0.1, 0.15) is 29.5 Å². The number of rotatable bonds is 6. The second-order valence-corrected chi connectivity index (χ2v) is 6.94. The van der Waals surface area contributed by atoms with Crippen molar-refractivity contribution in [3.05, 3.63) is 102 Å². The maximum atomic E-state index is 5.26. The highest BCUT2D eigenvalue weighted by Gasteiger charge is 2.26. The lowest BCUT2D eigenvalue weighted by Crippen LogP contribution is -2.27. The number of hydrogen-bond acceptors (Lipinski definition) is 2.